The Labute approximate surface area is 74.9 Å². The Morgan fingerprint density at radius 2 is 1.92 bits per heavy atom. The minimum Gasteiger partial charge on any atom is -0.295 e. The van der Waals surface area contributed by atoms with E-state index in [0.29, 0.717) is 11.7 Å². The molecule has 0 heterocycles. The number of allylic oxidation sites excluding steroid dienone is 2. The van der Waals surface area contributed by atoms with Gasteiger partial charge in [-0.15, -0.1) is 0 Å². The summed E-state index contributed by atoms with van der Waals surface area (Å²) in [5, 5.41) is 0. The highest BCUT2D eigenvalue weighted by Crippen LogP contribution is 2.38. The number of carbonyl (C=O) groups is 1. The molecule has 1 aliphatic rings. The van der Waals surface area contributed by atoms with E-state index in [0.717, 1.165) is 18.4 Å². The SMILES string of the molecule is CC(C)/C=C1\CC(C)(C)CC1=O. The van der Waals surface area contributed by atoms with Gasteiger partial charge in [-0.25, -0.2) is 0 Å². The molecule has 0 aliphatic heterocycles. The van der Waals surface area contributed by atoms with E-state index in [1.165, 1.54) is 0 Å². The van der Waals surface area contributed by atoms with Gasteiger partial charge < -0.3 is 0 Å². The van der Waals surface area contributed by atoms with Crippen LogP contribution in [-0.4, -0.2) is 5.78 Å². The molecule has 0 saturated heterocycles. The molecule has 0 amide bonds. The van der Waals surface area contributed by atoms with Crippen molar-refractivity contribution in [2.75, 3.05) is 0 Å². The van der Waals surface area contributed by atoms with Crippen molar-refractivity contribution < 1.29 is 4.79 Å². The average molecular weight is 166 g/mol. The fourth-order valence-corrected chi connectivity index (χ4v) is 1.78. The standard InChI is InChI=1S/C11H18O/c1-8(2)5-9-6-11(3,4)7-10(9)12/h5,8H,6-7H2,1-4H3/b9-5+. The van der Waals surface area contributed by atoms with Gasteiger partial charge in [0.15, 0.2) is 5.78 Å². The van der Waals surface area contributed by atoms with Crippen molar-refractivity contribution in [2.24, 2.45) is 11.3 Å². The van der Waals surface area contributed by atoms with Crippen LogP contribution in [0, 0.1) is 11.3 Å². The van der Waals surface area contributed by atoms with Gasteiger partial charge in [-0.3, -0.25) is 4.79 Å². The van der Waals surface area contributed by atoms with E-state index in [9.17, 15) is 4.79 Å². The molecule has 0 unspecified atom stereocenters. The fraction of sp³-hybridized carbons (Fsp3) is 0.727. The first-order valence-corrected chi connectivity index (χ1v) is 4.65. The third-order valence-corrected chi connectivity index (χ3v) is 2.20. The Morgan fingerprint density at radius 3 is 2.25 bits per heavy atom. The third-order valence-electron chi connectivity index (χ3n) is 2.20. The molecular formula is C11H18O. The van der Waals surface area contributed by atoms with Crippen molar-refractivity contribution in [1.29, 1.82) is 0 Å². The van der Waals surface area contributed by atoms with E-state index in [1.54, 1.807) is 0 Å². The van der Waals surface area contributed by atoms with Crippen molar-refractivity contribution >= 4 is 5.78 Å². The Morgan fingerprint density at radius 1 is 1.33 bits per heavy atom. The number of hydrogen-bond donors (Lipinski definition) is 0. The summed E-state index contributed by atoms with van der Waals surface area (Å²) < 4.78 is 0. The van der Waals surface area contributed by atoms with E-state index in [4.69, 9.17) is 0 Å². The molecule has 1 nitrogen and oxygen atoms in total. The van der Waals surface area contributed by atoms with Gasteiger partial charge in [0.25, 0.3) is 0 Å². The summed E-state index contributed by atoms with van der Waals surface area (Å²) in [6.45, 7) is 8.55. The zero-order valence-electron chi connectivity index (χ0n) is 8.48. The van der Waals surface area contributed by atoms with Gasteiger partial charge in [0.05, 0.1) is 0 Å². The predicted molar refractivity (Wildman–Crippen MR) is 50.9 cm³/mol. The van der Waals surface area contributed by atoms with Crippen LogP contribution >= 0.6 is 0 Å². The summed E-state index contributed by atoms with van der Waals surface area (Å²) in [5.41, 5.74) is 1.26. The highest BCUT2D eigenvalue weighted by molar-refractivity contribution is 5.98. The molecule has 0 spiro atoms. The van der Waals surface area contributed by atoms with Gasteiger partial charge in [-0.1, -0.05) is 33.8 Å². The summed E-state index contributed by atoms with van der Waals surface area (Å²) >= 11 is 0. The van der Waals surface area contributed by atoms with Crippen molar-refractivity contribution in [1.82, 2.24) is 0 Å². The van der Waals surface area contributed by atoms with Gasteiger partial charge >= 0.3 is 0 Å². The molecule has 0 radical (unpaired) electrons. The van der Waals surface area contributed by atoms with E-state index in [1.807, 2.05) is 0 Å². The zero-order valence-corrected chi connectivity index (χ0v) is 8.48. The number of ketones is 1. The molecule has 0 atom stereocenters. The second-order valence-electron chi connectivity index (χ2n) is 4.88. The van der Waals surface area contributed by atoms with E-state index >= 15 is 0 Å². The first-order chi connectivity index (χ1) is 5.41. The first-order valence-electron chi connectivity index (χ1n) is 4.65. The summed E-state index contributed by atoms with van der Waals surface area (Å²) in [7, 11) is 0. The Kier molecular flexibility index (Phi) is 2.41. The van der Waals surface area contributed by atoms with Crippen LogP contribution in [0.3, 0.4) is 0 Å². The predicted octanol–water partition coefficient (Wildman–Crippen LogP) is 2.96. The maximum absolute atomic E-state index is 11.5. The van der Waals surface area contributed by atoms with Crippen LogP contribution in [0.15, 0.2) is 11.6 Å². The largest absolute Gasteiger partial charge is 0.295 e. The molecule has 0 bridgehead atoms. The summed E-state index contributed by atoms with van der Waals surface area (Å²) in [4.78, 5) is 11.5. The van der Waals surface area contributed by atoms with Gasteiger partial charge in [0.1, 0.15) is 0 Å². The van der Waals surface area contributed by atoms with Crippen LogP contribution in [-0.2, 0) is 4.79 Å². The fourth-order valence-electron chi connectivity index (χ4n) is 1.78. The van der Waals surface area contributed by atoms with Gasteiger partial charge in [-0.2, -0.15) is 0 Å². The molecule has 0 aromatic carbocycles. The molecule has 12 heavy (non-hydrogen) atoms. The minimum absolute atomic E-state index is 0.206. The molecule has 0 N–H and O–H groups in total. The topological polar surface area (TPSA) is 17.1 Å². The lowest BCUT2D eigenvalue weighted by Crippen LogP contribution is -2.04. The third kappa shape index (κ3) is 2.20. The van der Waals surface area contributed by atoms with Crippen molar-refractivity contribution in [3.8, 4) is 0 Å². The molecular weight excluding hydrogens is 148 g/mol. The number of carbonyl (C=O) groups excluding carboxylic acids is 1. The molecule has 0 aromatic rings. The Balaban J connectivity index is 2.77. The molecule has 1 aliphatic carbocycles. The molecule has 68 valence electrons. The van der Waals surface area contributed by atoms with E-state index in [2.05, 4.69) is 33.8 Å². The van der Waals surface area contributed by atoms with Gasteiger partial charge in [-0.05, 0) is 23.3 Å². The molecule has 1 heteroatoms. The summed E-state index contributed by atoms with van der Waals surface area (Å²) in [6.07, 6.45) is 3.80. The number of rotatable bonds is 1. The number of hydrogen-bond acceptors (Lipinski definition) is 1. The second kappa shape index (κ2) is 3.04. The minimum atomic E-state index is 0.206. The number of Topliss-reactive ketones (excluding diaryl/α,β-unsaturated/α-hetero) is 1. The van der Waals surface area contributed by atoms with Crippen LogP contribution in [0.2, 0.25) is 0 Å². The lowest BCUT2D eigenvalue weighted by molar-refractivity contribution is -0.115. The van der Waals surface area contributed by atoms with Crippen LogP contribution in [0.5, 0.6) is 0 Å². The van der Waals surface area contributed by atoms with E-state index in [-0.39, 0.29) is 5.41 Å². The van der Waals surface area contributed by atoms with E-state index < -0.39 is 0 Å². The Bertz CT molecular complexity index is 221. The lowest BCUT2D eigenvalue weighted by atomic mass is 9.91. The second-order valence-corrected chi connectivity index (χ2v) is 4.88. The maximum atomic E-state index is 11.5. The monoisotopic (exact) mass is 166 g/mol. The van der Waals surface area contributed by atoms with Crippen LogP contribution in [0.1, 0.15) is 40.5 Å². The van der Waals surface area contributed by atoms with Crippen LogP contribution < -0.4 is 0 Å². The van der Waals surface area contributed by atoms with Crippen molar-refractivity contribution in [3.05, 3.63) is 11.6 Å². The molecule has 1 rings (SSSR count). The summed E-state index contributed by atoms with van der Waals surface area (Å²) in [6, 6.07) is 0. The average Bonchev–Trinajstić information content (AvgIpc) is 2.03. The zero-order chi connectivity index (χ0) is 9.35. The lowest BCUT2D eigenvalue weighted by Gasteiger charge is -2.12. The van der Waals surface area contributed by atoms with Crippen LogP contribution in [0.25, 0.3) is 0 Å². The first kappa shape index (κ1) is 9.50. The molecule has 1 saturated carbocycles. The maximum Gasteiger partial charge on any atom is 0.159 e. The highest BCUT2D eigenvalue weighted by Gasteiger charge is 2.33. The van der Waals surface area contributed by atoms with Gasteiger partial charge in [0.2, 0.25) is 0 Å². The van der Waals surface area contributed by atoms with Crippen molar-refractivity contribution in [2.45, 2.75) is 40.5 Å². The normalized spacial score (nSPS) is 25.8. The molecule has 0 aromatic heterocycles. The van der Waals surface area contributed by atoms with Crippen molar-refractivity contribution in [3.63, 3.8) is 0 Å². The quantitative estimate of drug-likeness (QED) is 0.547. The van der Waals surface area contributed by atoms with Crippen LogP contribution in [0.4, 0.5) is 0 Å². The smallest absolute Gasteiger partial charge is 0.159 e. The highest BCUT2D eigenvalue weighted by atomic mass is 16.1. The summed E-state index contributed by atoms with van der Waals surface area (Å²) in [5.74, 6) is 0.853. The molecule has 1 fully saturated rings. The van der Waals surface area contributed by atoms with Gasteiger partial charge in [0, 0.05) is 6.42 Å². The Hall–Kier alpha value is -0.590.